The third-order valence-corrected chi connectivity index (χ3v) is 22.1. The molecule has 1 fully saturated rings. The molecule has 1 aliphatic rings. The first-order chi connectivity index (χ1) is 55.2. The average Bonchev–Trinajstić information content (AvgIpc) is 1.58. The molecule has 21 rings (SSSR count). The molecule has 6 heterocycles. The van der Waals surface area contributed by atoms with Crippen molar-refractivity contribution in [3.8, 4) is 17.1 Å². The highest BCUT2D eigenvalue weighted by molar-refractivity contribution is 6.16. The van der Waals surface area contributed by atoms with Crippen LogP contribution in [0.3, 0.4) is 0 Å². The maximum atomic E-state index is 14.7. The number of carbonyl (C=O) groups is 1. The van der Waals surface area contributed by atoms with Gasteiger partial charge < -0.3 is 47.2 Å². The molecule has 1 saturated heterocycles. The van der Waals surface area contributed by atoms with Crippen molar-refractivity contribution in [3.05, 3.63) is 352 Å². The minimum atomic E-state index is -0.740. The van der Waals surface area contributed by atoms with Crippen molar-refractivity contribution in [3.63, 3.8) is 0 Å². The Labute approximate surface area is 653 Å². The first-order valence-corrected chi connectivity index (χ1v) is 38.7. The first-order valence-electron chi connectivity index (χ1n) is 38.7. The molecule has 0 aliphatic carbocycles. The van der Waals surface area contributed by atoms with E-state index in [9.17, 15) is 4.79 Å². The van der Waals surface area contributed by atoms with Crippen LogP contribution in [0.25, 0.3) is 126 Å². The molecule has 0 N–H and O–H groups in total. The largest absolute Gasteiger partial charge is 0.443 e. The number of carbonyl (C=O) groups excluding carboxylic acids is 1. The highest BCUT2D eigenvalue weighted by atomic mass is 16.8. The number of aromatic nitrogens is 5. The zero-order valence-corrected chi connectivity index (χ0v) is 63.4. The number of nitrogens with zero attached hydrogens (tertiary/aromatic N) is 8. The van der Waals surface area contributed by atoms with Gasteiger partial charge in [0.25, 0.3) is 0 Å². The monoisotopic (exact) mass is 1470 g/mol. The fourth-order valence-corrected chi connectivity index (χ4v) is 17.4. The van der Waals surface area contributed by atoms with Gasteiger partial charge in [0.15, 0.2) is 6.23 Å². The Morgan fingerprint density at radius 1 is 0.274 bits per heavy atom. The number of hydrogen-bond donors (Lipinski definition) is 0. The summed E-state index contributed by atoms with van der Waals surface area (Å²) >= 11 is 0. The van der Waals surface area contributed by atoms with E-state index in [1.54, 1.807) is 4.57 Å². The molecule has 0 radical (unpaired) electrons. The van der Waals surface area contributed by atoms with Gasteiger partial charge in [-0.1, -0.05) is 176 Å². The third kappa shape index (κ3) is 11.4. The topological polar surface area (TPSA) is 82.4 Å². The predicted molar refractivity (Wildman–Crippen MR) is 466 cm³/mol. The number of rotatable bonds is 14. The molecule has 20 aromatic rings. The van der Waals surface area contributed by atoms with Gasteiger partial charge in [0.1, 0.15) is 5.60 Å². The van der Waals surface area contributed by atoms with Crippen molar-refractivity contribution < 1.29 is 19.0 Å². The molecule has 12 nitrogen and oxygen atoms in total. The molecule has 0 bridgehead atoms. The standard InChI is InChI=1S/C101H78N8O4/c1-100(2,3)112-98-97(111-98)108-90-40-24-19-35-80(90)85-58-53-75(63-95(85)108)103(73-51-56-83-78-33-17-22-38-88(78)106(93(83)61-73)66-28-12-8-13-29-66)70-46-42-68(43-47-70)102(72-50-55-82-77-32-16-21-37-87(77)105(92(82)60-72)65-26-10-7-11-27-65)69-44-48-71(49-45-69)104(74-52-57-84-79-34-18-23-39-89(79)107(94(84)62-74)67-30-14-9-15-31-67)76-54-59-86-81-36-20-25-41-91(81)109(96(86)64-76)99(110)113-101(4,5)6/h7-64,97-98H,1-6H3. The lowest BCUT2D eigenvalue weighted by atomic mass is 10.1. The molecule has 113 heavy (non-hydrogen) atoms. The summed E-state index contributed by atoms with van der Waals surface area (Å²) in [6.45, 7) is 12.0. The number of fused-ring (bicyclic) bond motifs is 15. The van der Waals surface area contributed by atoms with Gasteiger partial charge in [0.05, 0.1) is 60.8 Å². The highest BCUT2D eigenvalue weighted by Crippen LogP contribution is 2.50. The van der Waals surface area contributed by atoms with Crippen LogP contribution in [0.5, 0.6) is 0 Å². The summed E-state index contributed by atoms with van der Waals surface area (Å²) in [6.07, 6.45) is -1.16. The molecule has 2 unspecified atom stereocenters. The number of benzene rings is 15. The minimum Gasteiger partial charge on any atom is -0.443 e. The molecular formula is C101H78N8O4. The number of para-hydroxylation sites is 8. The average molecular weight is 1470 g/mol. The number of hydrogen-bond acceptors (Lipinski definition) is 7. The van der Waals surface area contributed by atoms with Gasteiger partial charge in [0, 0.05) is 122 Å². The van der Waals surface area contributed by atoms with E-state index >= 15 is 0 Å². The van der Waals surface area contributed by atoms with E-state index in [2.05, 4.69) is 387 Å². The van der Waals surface area contributed by atoms with Crippen LogP contribution >= 0.6 is 0 Å². The number of anilines is 9. The van der Waals surface area contributed by atoms with E-state index in [1.807, 2.05) is 39.0 Å². The molecule has 0 saturated carbocycles. The van der Waals surface area contributed by atoms with Gasteiger partial charge in [-0.15, -0.1) is 0 Å². The van der Waals surface area contributed by atoms with Crippen molar-refractivity contribution >= 4 is 166 Å². The van der Waals surface area contributed by atoms with E-state index in [0.29, 0.717) is 0 Å². The summed E-state index contributed by atoms with van der Waals surface area (Å²) in [5.41, 5.74) is 20.8. The maximum absolute atomic E-state index is 14.7. The highest BCUT2D eigenvalue weighted by Gasteiger charge is 2.46. The molecule has 15 aromatic carbocycles. The van der Waals surface area contributed by atoms with Gasteiger partial charge in [-0.25, -0.2) is 9.36 Å². The predicted octanol–water partition coefficient (Wildman–Crippen LogP) is 27.1. The van der Waals surface area contributed by atoms with Crippen LogP contribution in [0.15, 0.2) is 352 Å². The number of epoxide rings is 1. The summed E-state index contributed by atoms with van der Waals surface area (Å²) in [7, 11) is 0. The first kappa shape index (κ1) is 67.2. The lowest BCUT2D eigenvalue weighted by Crippen LogP contribution is -2.27. The Morgan fingerprint density at radius 3 is 0.903 bits per heavy atom. The quantitative estimate of drug-likeness (QED) is 0.100. The van der Waals surface area contributed by atoms with Crippen LogP contribution < -0.4 is 14.7 Å². The second-order valence-electron chi connectivity index (χ2n) is 31.5. The molecule has 546 valence electrons. The van der Waals surface area contributed by atoms with Crippen molar-refractivity contribution in [2.45, 2.75) is 65.3 Å². The second-order valence-corrected chi connectivity index (χ2v) is 31.5. The lowest BCUT2D eigenvalue weighted by Gasteiger charge is -2.30. The molecule has 0 amide bonds. The van der Waals surface area contributed by atoms with E-state index in [-0.39, 0.29) is 6.23 Å². The van der Waals surface area contributed by atoms with E-state index in [4.69, 9.17) is 14.2 Å². The summed E-state index contributed by atoms with van der Waals surface area (Å²) < 4.78 is 30.4. The van der Waals surface area contributed by atoms with Crippen molar-refractivity contribution in [2.24, 2.45) is 0 Å². The summed E-state index contributed by atoms with van der Waals surface area (Å²) in [6, 6.07) is 127. The molecule has 0 spiro atoms. The summed E-state index contributed by atoms with van der Waals surface area (Å²) in [5, 5.41) is 11.2. The molecular weight excluding hydrogens is 1390 g/mol. The maximum Gasteiger partial charge on any atom is 0.419 e. The zero-order chi connectivity index (χ0) is 76.0. The summed E-state index contributed by atoms with van der Waals surface area (Å²) in [5.74, 6) is 0. The Morgan fingerprint density at radius 2 is 0.540 bits per heavy atom. The van der Waals surface area contributed by atoms with Crippen LogP contribution in [0.2, 0.25) is 0 Å². The lowest BCUT2D eigenvalue weighted by molar-refractivity contribution is -0.0572. The van der Waals surface area contributed by atoms with Gasteiger partial charge >= 0.3 is 6.09 Å². The fourth-order valence-electron chi connectivity index (χ4n) is 17.4. The summed E-state index contributed by atoms with van der Waals surface area (Å²) in [4.78, 5) is 21.8. The van der Waals surface area contributed by atoms with E-state index < -0.39 is 23.6 Å². The van der Waals surface area contributed by atoms with Crippen LogP contribution in [0, 0.1) is 0 Å². The van der Waals surface area contributed by atoms with Crippen molar-refractivity contribution in [2.75, 3.05) is 14.7 Å². The van der Waals surface area contributed by atoms with Crippen LogP contribution in [0.1, 0.15) is 47.8 Å². The second kappa shape index (κ2) is 26.1. The molecule has 12 heteroatoms. The minimum absolute atomic E-state index is 0.314. The zero-order valence-electron chi connectivity index (χ0n) is 63.4. The van der Waals surface area contributed by atoms with E-state index in [0.717, 1.165) is 161 Å². The fraction of sp³-hybridized carbons (Fsp3) is 0.0990. The van der Waals surface area contributed by atoms with Crippen LogP contribution in [-0.4, -0.2) is 46.4 Å². The third-order valence-electron chi connectivity index (χ3n) is 22.1. The van der Waals surface area contributed by atoms with Gasteiger partial charge in [0.2, 0.25) is 6.29 Å². The van der Waals surface area contributed by atoms with E-state index in [1.165, 1.54) is 16.2 Å². The van der Waals surface area contributed by atoms with Crippen molar-refractivity contribution in [1.29, 1.82) is 0 Å². The van der Waals surface area contributed by atoms with Gasteiger partial charge in [-0.05, 0) is 217 Å². The SMILES string of the molecule is CC(C)(C)OC(=O)n1c2ccccc2c2ccc(N(c3ccc(N(c4ccc(N(c5ccc6c7ccccc7n(-c7ccccc7)c6c5)c5ccc6c7ccccc7n(C7OC7OC(C)(C)C)c6c5)cc4)c4ccc5c6ccccc6n(-c6ccccc6)c5c4)cc3)c3ccc4c5ccccc5n(-c5ccccc5)c4c3)cc21. The Hall–Kier alpha value is -13.9. The molecule has 5 aromatic heterocycles. The molecule has 2 atom stereocenters. The van der Waals surface area contributed by atoms with Crippen LogP contribution in [0.4, 0.5) is 56.0 Å². The Bertz CT molecular complexity index is 7160. The Kier molecular flexibility index (Phi) is 15.5. The molecule has 1 aliphatic heterocycles. The normalized spacial score (nSPS) is 14.0. The smallest absolute Gasteiger partial charge is 0.419 e. The van der Waals surface area contributed by atoms with Crippen molar-refractivity contribution in [1.82, 2.24) is 22.8 Å². The van der Waals surface area contributed by atoms with Crippen LogP contribution in [-0.2, 0) is 14.2 Å². The number of ether oxygens (including phenoxy) is 3. The van der Waals surface area contributed by atoms with Gasteiger partial charge in [-0.2, -0.15) is 0 Å². The van der Waals surface area contributed by atoms with Gasteiger partial charge in [-0.3, -0.25) is 0 Å². The Balaban J connectivity index is 0.760.